The first-order chi connectivity index (χ1) is 14.5. The molecule has 3 aromatic carbocycles. The van der Waals surface area contributed by atoms with Crippen LogP contribution in [0.1, 0.15) is 44.7 Å². The average molecular weight is 331 g/mol. The normalized spacial score (nSPS) is 16.1. The number of pyridine rings is 1. The van der Waals surface area contributed by atoms with Gasteiger partial charge < -0.3 is 0 Å². The zero-order valence-electron chi connectivity index (χ0n) is 20.3. The predicted octanol–water partition coefficient (Wildman–Crippen LogP) is 6.80. The highest BCUT2D eigenvalue weighted by Gasteiger charge is 2.10. The van der Waals surface area contributed by atoms with Gasteiger partial charge in [-0.15, -0.1) is 0 Å². The molecule has 0 aliphatic heterocycles. The van der Waals surface area contributed by atoms with E-state index in [4.69, 9.17) is 8.22 Å². The van der Waals surface area contributed by atoms with Crippen LogP contribution in [0.25, 0.3) is 32.8 Å². The Kier molecular flexibility index (Phi) is 2.48. The molecule has 0 bridgehead atoms. The lowest BCUT2D eigenvalue weighted by atomic mass is 9.91. The molecule has 0 spiro atoms. The Morgan fingerprint density at radius 2 is 1.52 bits per heavy atom. The van der Waals surface area contributed by atoms with Crippen molar-refractivity contribution in [3.05, 3.63) is 77.5 Å². The standard InChI is InChI=1S/C24H23N/c1-15(2)18-11-12-25-24(14-18)19-9-10-22-21-8-6-5-7-20(21)16(3)17(4)23(22)13-19/h5-15H,1-4H3/i3D3,4D3. The molecule has 25 heavy (non-hydrogen) atoms. The van der Waals surface area contributed by atoms with Crippen LogP contribution in [0, 0.1) is 13.7 Å². The fourth-order valence-corrected chi connectivity index (χ4v) is 3.31. The van der Waals surface area contributed by atoms with Crippen LogP contribution in [-0.2, 0) is 0 Å². The van der Waals surface area contributed by atoms with Gasteiger partial charge in [-0.3, -0.25) is 4.98 Å². The van der Waals surface area contributed by atoms with Gasteiger partial charge in [-0.2, -0.15) is 0 Å². The van der Waals surface area contributed by atoms with E-state index in [1.165, 1.54) is 0 Å². The lowest BCUT2D eigenvalue weighted by Crippen LogP contribution is -1.92. The highest BCUT2D eigenvalue weighted by molar-refractivity contribution is 6.11. The maximum Gasteiger partial charge on any atom is 0.0705 e. The summed E-state index contributed by atoms with van der Waals surface area (Å²) < 4.78 is 48.9. The van der Waals surface area contributed by atoms with Gasteiger partial charge in [0, 0.05) is 20.0 Å². The molecule has 1 heteroatoms. The summed E-state index contributed by atoms with van der Waals surface area (Å²) in [6.45, 7) is -0.955. The fraction of sp³-hybridized carbons (Fsp3) is 0.208. The average Bonchev–Trinajstić information content (AvgIpc) is 2.70. The van der Waals surface area contributed by atoms with Crippen molar-refractivity contribution in [1.82, 2.24) is 4.98 Å². The zero-order valence-corrected chi connectivity index (χ0v) is 14.3. The van der Waals surface area contributed by atoms with E-state index >= 15 is 0 Å². The number of fused-ring (bicyclic) bond motifs is 3. The molecule has 0 N–H and O–H groups in total. The molecule has 0 saturated carbocycles. The Morgan fingerprint density at radius 1 is 0.800 bits per heavy atom. The SMILES string of the molecule is [2H]C([2H])([2H])c1c(C([2H])([2H])[2H])c2cc(-c3cc(C(C)C)ccn3)ccc2c2ccccc12. The van der Waals surface area contributed by atoms with Gasteiger partial charge in [0.05, 0.1) is 5.69 Å². The van der Waals surface area contributed by atoms with Crippen LogP contribution < -0.4 is 0 Å². The number of aryl methyl sites for hydroxylation is 2. The van der Waals surface area contributed by atoms with Gasteiger partial charge in [0.15, 0.2) is 0 Å². The van der Waals surface area contributed by atoms with Crippen LogP contribution in [0.4, 0.5) is 0 Å². The topological polar surface area (TPSA) is 12.9 Å². The second-order valence-electron chi connectivity index (χ2n) is 6.69. The molecule has 0 unspecified atom stereocenters. The molecule has 0 aliphatic rings. The lowest BCUT2D eigenvalue weighted by Gasteiger charge is -2.14. The quantitative estimate of drug-likeness (QED) is 0.368. The third-order valence-corrected chi connectivity index (χ3v) is 4.77. The number of hydrogen-bond acceptors (Lipinski definition) is 1. The van der Waals surface area contributed by atoms with Crippen molar-refractivity contribution in [3.8, 4) is 11.3 Å². The first-order valence-electron chi connectivity index (χ1n) is 11.4. The Bertz CT molecular complexity index is 1290. The minimum absolute atomic E-state index is 0.100. The Labute approximate surface area is 157 Å². The highest BCUT2D eigenvalue weighted by atomic mass is 14.7. The number of benzene rings is 3. The van der Waals surface area contributed by atoms with Crippen LogP contribution in [-0.4, -0.2) is 4.98 Å². The van der Waals surface area contributed by atoms with Gasteiger partial charge in [0.2, 0.25) is 0 Å². The molecule has 0 radical (unpaired) electrons. The van der Waals surface area contributed by atoms with Crippen molar-refractivity contribution in [2.75, 3.05) is 0 Å². The predicted molar refractivity (Wildman–Crippen MR) is 108 cm³/mol. The third-order valence-electron chi connectivity index (χ3n) is 4.77. The summed E-state index contributed by atoms with van der Waals surface area (Å²) in [5.41, 5.74) is 2.41. The molecule has 0 aliphatic carbocycles. The van der Waals surface area contributed by atoms with Crippen LogP contribution in [0.2, 0.25) is 0 Å². The second kappa shape index (κ2) is 6.00. The fourth-order valence-electron chi connectivity index (χ4n) is 3.31. The summed E-state index contributed by atoms with van der Waals surface area (Å²) in [6.07, 6.45) is 1.74. The third kappa shape index (κ3) is 2.60. The Balaban J connectivity index is 2.14. The smallest absolute Gasteiger partial charge is 0.0705 e. The number of aromatic nitrogens is 1. The van der Waals surface area contributed by atoms with Gasteiger partial charge >= 0.3 is 0 Å². The van der Waals surface area contributed by atoms with Crippen molar-refractivity contribution in [2.24, 2.45) is 0 Å². The minimum Gasteiger partial charge on any atom is -0.256 e. The van der Waals surface area contributed by atoms with Gasteiger partial charge in [0.25, 0.3) is 0 Å². The summed E-state index contributed by atoms with van der Waals surface area (Å²) >= 11 is 0. The number of hydrogen-bond donors (Lipinski definition) is 0. The van der Waals surface area contributed by atoms with Gasteiger partial charge in [-0.05, 0) is 76.1 Å². The van der Waals surface area contributed by atoms with Crippen LogP contribution in [0.3, 0.4) is 0 Å². The van der Waals surface area contributed by atoms with E-state index in [9.17, 15) is 0 Å². The van der Waals surface area contributed by atoms with Gasteiger partial charge in [0.1, 0.15) is 0 Å². The first-order valence-corrected chi connectivity index (χ1v) is 8.44. The number of nitrogens with zero attached hydrogens (tertiary/aromatic N) is 1. The van der Waals surface area contributed by atoms with Gasteiger partial charge in [-0.25, -0.2) is 0 Å². The van der Waals surface area contributed by atoms with Gasteiger partial charge in [-0.1, -0.05) is 50.2 Å². The monoisotopic (exact) mass is 331 g/mol. The molecule has 4 aromatic rings. The van der Waals surface area contributed by atoms with E-state index in [2.05, 4.69) is 18.8 Å². The molecule has 0 amide bonds. The largest absolute Gasteiger partial charge is 0.256 e. The minimum atomic E-state index is -2.59. The molecule has 1 nitrogen and oxygen atoms in total. The van der Waals surface area contributed by atoms with E-state index in [0.717, 1.165) is 27.6 Å². The molecular formula is C24H23N. The van der Waals surface area contributed by atoms with E-state index in [0.29, 0.717) is 16.7 Å². The molecule has 0 atom stereocenters. The number of rotatable bonds is 2. The molecule has 1 aromatic heterocycles. The molecular weight excluding hydrogens is 302 g/mol. The van der Waals surface area contributed by atoms with Crippen LogP contribution in [0.5, 0.6) is 0 Å². The van der Waals surface area contributed by atoms with Crippen LogP contribution in [0.15, 0.2) is 60.8 Å². The molecule has 4 rings (SSSR count). The first kappa shape index (κ1) is 10.4. The summed E-state index contributed by atoms with van der Waals surface area (Å²) in [6, 6.07) is 16.6. The van der Waals surface area contributed by atoms with Crippen molar-refractivity contribution in [1.29, 1.82) is 0 Å². The summed E-state index contributed by atoms with van der Waals surface area (Å²) in [5.74, 6) is 0.325. The molecule has 0 fully saturated rings. The van der Waals surface area contributed by atoms with E-state index in [1.54, 1.807) is 24.4 Å². The van der Waals surface area contributed by atoms with Crippen molar-refractivity contribution in [3.63, 3.8) is 0 Å². The summed E-state index contributed by atoms with van der Waals surface area (Å²) in [7, 11) is 0. The van der Waals surface area contributed by atoms with Crippen molar-refractivity contribution >= 4 is 21.5 Å². The Hall–Kier alpha value is -2.67. The second-order valence-corrected chi connectivity index (χ2v) is 6.69. The maximum atomic E-state index is 8.18. The van der Waals surface area contributed by atoms with Crippen molar-refractivity contribution in [2.45, 2.75) is 33.5 Å². The van der Waals surface area contributed by atoms with E-state index in [1.807, 2.05) is 36.4 Å². The highest BCUT2D eigenvalue weighted by Crippen LogP contribution is 2.34. The molecule has 124 valence electrons. The van der Waals surface area contributed by atoms with E-state index < -0.39 is 13.7 Å². The maximum absolute atomic E-state index is 8.18. The molecule has 1 heterocycles. The summed E-state index contributed by atoms with van der Waals surface area (Å²) in [4.78, 5) is 4.47. The van der Waals surface area contributed by atoms with E-state index in [-0.39, 0.29) is 11.1 Å². The molecule has 0 saturated heterocycles. The van der Waals surface area contributed by atoms with Crippen molar-refractivity contribution < 1.29 is 8.22 Å². The van der Waals surface area contributed by atoms with Crippen LogP contribution >= 0.6 is 0 Å². The summed E-state index contributed by atoms with van der Waals surface area (Å²) in [5, 5.41) is 2.33. The zero-order chi connectivity index (χ0) is 22.6. The lowest BCUT2D eigenvalue weighted by molar-refractivity contribution is 0.864. The Morgan fingerprint density at radius 3 is 2.28 bits per heavy atom.